The number of hydrogen-bond acceptors (Lipinski definition) is 8. The third-order valence-corrected chi connectivity index (χ3v) is 6.25. The summed E-state index contributed by atoms with van der Waals surface area (Å²) in [6.07, 6.45) is -2.54. The molecule has 0 aliphatic carbocycles. The van der Waals surface area contributed by atoms with E-state index >= 15 is 0 Å². The van der Waals surface area contributed by atoms with Crippen molar-refractivity contribution in [2.75, 3.05) is 37.8 Å². The third kappa shape index (κ3) is 8.92. The fourth-order valence-corrected chi connectivity index (χ4v) is 3.44. The van der Waals surface area contributed by atoms with Gasteiger partial charge in [-0.15, -0.1) is 0 Å². The molecule has 0 bridgehead atoms. The second-order valence-electron chi connectivity index (χ2n) is 7.32. The van der Waals surface area contributed by atoms with Crippen LogP contribution in [0.1, 0.15) is 27.7 Å². The van der Waals surface area contributed by atoms with Crippen LogP contribution in [0.15, 0.2) is 0 Å². The van der Waals surface area contributed by atoms with Gasteiger partial charge in [-0.05, 0) is 0 Å². The topological polar surface area (TPSA) is 139 Å². The van der Waals surface area contributed by atoms with Crippen LogP contribution in [0.3, 0.4) is 0 Å². The molecule has 0 aromatic rings. The molecule has 0 rings (SSSR count). The largest absolute Gasteiger partial charge is 0.396 e. The zero-order valence-electron chi connectivity index (χ0n) is 15.8. The van der Waals surface area contributed by atoms with E-state index in [-0.39, 0.29) is 13.2 Å². The van der Waals surface area contributed by atoms with Crippen molar-refractivity contribution in [2.45, 2.75) is 39.9 Å². The quantitative estimate of drug-likeness (QED) is 0.173. The van der Waals surface area contributed by atoms with Crippen LogP contribution in [-0.2, 0) is 9.59 Å². The Bertz CT molecular complexity index is 408. The fraction of sp³-hybridized carbons (Fsp3) is 0.875. The monoisotopic (exact) mass is 412 g/mol. The first-order chi connectivity index (χ1) is 12.0. The molecule has 154 valence electrons. The van der Waals surface area contributed by atoms with E-state index in [1.54, 1.807) is 27.7 Å². The molecule has 0 aliphatic heterocycles. The van der Waals surface area contributed by atoms with E-state index in [0.717, 1.165) is 0 Å². The highest BCUT2D eigenvalue weighted by molar-refractivity contribution is 8.76. The Kier molecular flexibility index (Phi) is 11.8. The SMILES string of the molecule is CC(C)(CO)[C@@H](O)C(=O)NCCSSCCNC(=O)[C@H](O)C(C)(C)CO. The Morgan fingerprint density at radius 1 is 0.808 bits per heavy atom. The molecule has 0 aromatic heterocycles. The number of hydrogen-bond donors (Lipinski definition) is 6. The van der Waals surface area contributed by atoms with Crippen molar-refractivity contribution in [1.82, 2.24) is 10.6 Å². The molecule has 0 aromatic carbocycles. The average Bonchev–Trinajstić information content (AvgIpc) is 2.61. The minimum atomic E-state index is -1.27. The van der Waals surface area contributed by atoms with E-state index in [1.807, 2.05) is 0 Å². The fourth-order valence-electron chi connectivity index (χ4n) is 1.63. The Morgan fingerprint density at radius 3 is 1.38 bits per heavy atom. The molecule has 10 heteroatoms. The van der Waals surface area contributed by atoms with Gasteiger partial charge in [-0.2, -0.15) is 0 Å². The van der Waals surface area contributed by atoms with Crippen molar-refractivity contribution >= 4 is 33.4 Å². The Labute approximate surface area is 162 Å². The minimum Gasteiger partial charge on any atom is -0.396 e. The second kappa shape index (κ2) is 12.0. The van der Waals surface area contributed by atoms with E-state index in [9.17, 15) is 19.8 Å². The highest BCUT2D eigenvalue weighted by atomic mass is 33.1. The zero-order chi connectivity index (χ0) is 20.4. The molecule has 2 amide bonds. The first-order valence-corrected chi connectivity index (χ1v) is 10.9. The van der Waals surface area contributed by atoms with Crippen LogP contribution in [0.25, 0.3) is 0 Å². The number of rotatable bonds is 13. The first-order valence-electron chi connectivity index (χ1n) is 8.37. The summed E-state index contributed by atoms with van der Waals surface area (Å²) in [6, 6.07) is 0. The van der Waals surface area contributed by atoms with Gasteiger partial charge in [-0.3, -0.25) is 9.59 Å². The van der Waals surface area contributed by atoms with Gasteiger partial charge < -0.3 is 31.1 Å². The molecular weight excluding hydrogens is 380 g/mol. The van der Waals surface area contributed by atoms with Crippen LogP contribution in [0, 0.1) is 10.8 Å². The Balaban J connectivity index is 3.80. The summed E-state index contributed by atoms with van der Waals surface area (Å²) < 4.78 is 0. The van der Waals surface area contributed by atoms with Gasteiger partial charge in [0.1, 0.15) is 12.2 Å². The lowest BCUT2D eigenvalue weighted by Crippen LogP contribution is -2.46. The molecule has 2 atom stereocenters. The molecule has 8 nitrogen and oxygen atoms in total. The summed E-state index contributed by atoms with van der Waals surface area (Å²) in [7, 11) is 3.01. The number of nitrogens with one attached hydrogen (secondary N) is 2. The molecule has 0 spiro atoms. The second-order valence-corrected chi connectivity index (χ2v) is 10.0. The predicted octanol–water partition coefficient (Wildman–Crippen LogP) is -0.641. The smallest absolute Gasteiger partial charge is 0.249 e. The standard InChI is InChI=1S/C16H32N2O6S2/c1-15(2,9-19)11(21)13(23)17-5-7-25-26-8-6-18-14(24)12(22)16(3,4)10-20/h11-12,19-22H,5-10H2,1-4H3,(H,17,23)(H,18,24)/t11-,12-/m0/s1. The Morgan fingerprint density at radius 2 is 1.12 bits per heavy atom. The zero-order valence-corrected chi connectivity index (χ0v) is 17.5. The van der Waals surface area contributed by atoms with E-state index in [2.05, 4.69) is 10.6 Å². The molecule has 0 unspecified atom stereocenters. The Hall–Kier alpha value is -0.520. The highest BCUT2D eigenvalue weighted by Gasteiger charge is 2.33. The van der Waals surface area contributed by atoms with Gasteiger partial charge in [-0.25, -0.2) is 0 Å². The molecule has 0 saturated carbocycles. The maximum absolute atomic E-state index is 11.8. The molecule has 0 aliphatic rings. The summed E-state index contributed by atoms with van der Waals surface area (Å²) in [5, 5.41) is 43.1. The van der Waals surface area contributed by atoms with Crippen LogP contribution in [0.2, 0.25) is 0 Å². The number of aliphatic hydroxyl groups excluding tert-OH is 4. The number of carbonyl (C=O) groups is 2. The van der Waals surface area contributed by atoms with Crippen molar-refractivity contribution in [3.63, 3.8) is 0 Å². The van der Waals surface area contributed by atoms with Crippen LogP contribution in [-0.4, -0.2) is 82.3 Å². The van der Waals surface area contributed by atoms with Crippen molar-refractivity contribution in [3.05, 3.63) is 0 Å². The van der Waals surface area contributed by atoms with Gasteiger partial charge in [-0.1, -0.05) is 49.3 Å². The molecule has 0 saturated heterocycles. The number of carbonyl (C=O) groups excluding carboxylic acids is 2. The third-order valence-electron chi connectivity index (χ3n) is 3.84. The van der Waals surface area contributed by atoms with Crippen molar-refractivity contribution in [2.24, 2.45) is 10.8 Å². The number of aliphatic hydroxyl groups is 4. The maximum atomic E-state index is 11.8. The molecule has 0 fully saturated rings. The molecule has 6 N–H and O–H groups in total. The average molecular weight is 413 g/mol. The van der Waals surface area contributed by atoms with Crippen LogP contribution in [0.5, 0.6) is 0 Å². The first kappa shape index (κ1) is 25.5. The van der Waals surface area contributed by atoms with Crippen molar-refractivity contribution in [3.8, 4) is 0 Å². The van der Waals surface area contributed by atoms with Gasteiger partial charge in [0, 0.05) is 35.4 Å². The molecular formula is C16H32N2O6S2. The van der Waals surface area contributed by atoms with E-state index < -0.39 is 34.9 Å². The van der Waals surface area contributed by atoms with Gasteiger partial charge in [0.2, 0.25) is 11.8 Å². The van der Waals surface area contributed by atoms with E-state index in [0.29, 0.717) is 24.6 Å². The predicted molar refractivity (Wildman–Crippen MR) is 105 cm³/mol. The van der Waals surface area contributed by atoms with Gasteiger partial charge in [0.05, 0.1) is 13.2 Å². The van der Waals surface area contributed by atoms with Crippen LogP contribution in [0.4, 0.5) is 0 Å². The lowest BCUT2D eigenvalue weighted by Gasteiger charge is -2.27. The normalized spacial score (nSPS) is 14.6. The summed E-state index contributed by atoms with van der Waals surface area (Å²) in [5.74, 6) is 0.220. The molecule has 26 heavy (non-hydrogen) atoms. The molecule has 0 radical (unpaired) electrons. The lowest BCUT2D eigenvalue weighted by atomic mass is 9.87. The summed E-state index contributed by atoms with van der Waals surface area (Å²) in [4.78, 5) is 23.5. The highest BCUT2D eigenvalue weighted by Crippen LogP contribution is 2.22. The lowest BCUT2D eigenvalue weighted by molar-refractivity contribution is -0.137. The molecule has 0 heterocycles. The van der Waals surface area contributed by atoms with Crippen LogP contribution < -0.4 is 10.6 Å². The van der Waals surface area contributed by atoms with E-state index in [1.165, 1.54) is 21.6 Å². The summed E-state index contributed by atoms with van der Waals surface area (Å²) in [6.45, 7) is 6.60. The minimum absolute atomic E-state index is 0.290. The summed E-state index contributed by atoms with van der Waals surface area (Å²) >= 11 is 0. The van der Waals surface area contributed by atoms with Gasteiger partial charge in [0.15, 0.2) is 0 Å². The van der Waals surface area contributed by atoms with Gasteiger partial charge >= 0.3 is 0 Å². The van der Waals surface area contributed by atoms with Gasteiger partial charge in [0.25, 0.3) is 0 Å². The van der Waals surface area contributed by atoms with Crippen LogP contribution >= 0.6 is 21.6 Å². The number of amides is 2. The summed E-state index contributed by atoms with van der Waals surface area (Å²) in [5.41, 5.74) is -1.78. The van der Waals surface area contributed by atoms with Crippen molar-refractivity contribution < 1.29 is 30.0 Å². The van der Waals surface area contributed by atoms with Crippen molar-refractivity contribution in [1.29, 1.82) is 0 Å². The van der Waals surface area contributed by atoms with E-state index in [4.69, 9.17) is 10.2 Å². The maximum Gasteiger partial charge on any atom is 0.249 e.